The average molecular weight is 445 g/mol. The number of carbonyl (C=O) groups excluding carboxylic acids is 4. The zero-order valence-electron chi connectivity index (χ0n) is 16.7. The van der Waals surface area contributed by atoms with Crippen molar-refractivity contribution in [2.24, 2.45) is 0 Å². The molecule has 2 aromatic rings. The SMILES string of the molecule is O=C1CC[C@@H](N2Cc3cc(CNC(=O)C(F)(F)c4cccc(F)c4)ccc3C2=O)C(=O)N1. The van der Waals surface area contributed by atoms with E-state index in [4.69, 9.17) is 0 Å². The summed E-state index contributed by atoms with van der Waals surface area (Å²) in [6.45, 7) is -0.106. The molecule has 0 bridgehead atoms. The number of imide groups is 1. The number of carbonyl (C=O) groups is 4. The number of benzene rings is 2. The molecule has 166 valence electrons. The van der Waals surface area contributed by atoms with E-state index in [1.54, 1.807) is 6.07 Å². The van der Waals surface area contributed by atoms with Crippen LogP contribution in [0.5, 0.6) is 0 Å². The van der Waals surface area contributed by atoms with Crippen molar-refractivity contribution in [3.63, 3.8) is 0 Å². The Bertz CT molecular complexity index is 1140. The highest BCUT2D eigenvalue weighted by Gasteiger charge is 2.41. The first kappa shape index (κ1) is 21.5. The van der Waals surface area contributed by atoms with Gasteiger partial charge in [0.1, 0.15) is 11.9 Å². The number of piperidine rings is 1. The van der Waals surface area contributed by atoms with E-state index >= 15 is 0 Å². The van der Waals surface area contributed by atoms with Gasteiger partial charge in [0.25, 0.3) is 11.8 Å². The zero-order chi connectivity index (χ0) is 23.0. The predicted molar refractivity (Wildman–Crippen MR) is 105 cm³/mol. The minimum atomic E-state index is -3.92. The molecule has 2 N–H and O–H groups in total. The van der Waals surface area contributed by atoms with Gasteiger partial charge in [-0.3, -0.25) is 24.5 Å². The monoisotopic (exact) mass is 445 g/mol. The van der Waals surface area contributed by atoms with E-state index in [1.807, 2.05) is 0 Å². The standard InChI is InChI=1S/C22H18F3N3O4/c23-15-3-1-2-14(9-15)22(24,25)21(32)26-10-12-4-5-16-13(8-12)11-28(20(16)31)17-6-7-18(29)27-19(17)30/h1-5,8-9,17H,6-7,10-11H2,(H,26,32)(H,27,29,30)/t17-/m1/s1. The molecule has 0 saturated carbocycles. The molecule has 2 aliphatic heterocycles. The minimum absolute atomic E-state index is 0.127. The number of halogens is 3. The van der Waals surface area contributed by atoms with Crippen LogP contribution < -0.4 is 10.6 Å². The Morgan fingerprint density at radius 1 is 1.16 bits per heavy atom. The van der Waals surface area contributed by atoms with Gasteiger partial charge in [0.2, 0.25) is 11.8 Å². The van der Waals surface area contributed by atoms with E-state index in [-0.39, 0.29) is 37.7 Å². The predicted octanol–water partition coefficient (Wildman–Crippen LogP) is 1.99. The molecule has 0 spiro atoms. The van der Waals surface area contributed by atoms with Crippen molar-refractivity contribution in [3.8, 4) is 0 Å². The Balaban J connectivity index is 1.44. The van der Waals surface area contributed by atoms with Crippen LogP contribution in [0.15, 0.2) is 42.5 Å². The number of hydrogen-bond acceptors (Lipinski definition) is 4. The van der Waals surface area contributed by atoms with Gasteiger partial charge in [-0.15, -0.1) is 0 Å². The number of alkyl halides is 2. The Hall–Kier alpha value is -3.69. The molecule has 4 rings (SSSR count). The van der Waals surface area contributed by atoms with Crippen LogP contribution in [0, 0.1) is 5.82 Å². The molecule has 2 aliphatic rings. The second-order valence-electron chi connectivity index (χ2n) is 7.66. The van der Waals surface area contributed by atoms with E-state index in [0.29, 0.717) is 22.8 Å². The van der Waals surface area contributed by atoms with Gasteiger partial charge in [-0.25, -0.2) is 4.39 Å². The summed E-state index contributed by atoms with van der Waals surface area (Å²) in [6, 6.07) is 7.53. The Labute approximate surface area is 180 Å². The molecule has 1 fully saturated rings. The molecule has 1 atom stereocenters. The third-order valence-electron chi connectivity index (χ3n) is 5.51. The molecule has 0 radical (unpaired) electrons. The van der Waals surface area contributed by atoms with Crippen molar-refractivity contribution in [1.82, 2.24) is 15.5 Å². The summed E-state index contributed by atoms with van der Waals surface area (Å²) in [7, 11) is 0. The molecule has 4 amide bonds. The van der Waals surface area contributed by atoms with Crippen LogP contribution in [0.1, 0.15) is 39.9 Å². The molecule has 7 nitrogen and oxygen atoms in total. The molecule has 0 aromatic heterocycles. The van der Waals surface area contributed by atoms with E-state index in [9.17, 15) is 32.3 Å². The molecule has 0 unspecified atom stereocenters. The van der Waals surface area contributed by atoms with Gasteiger partial charge < -0.3 is 10.2 Å². The maximum absolute atomic E-state index is 14.3. The highest BCUT2D eigenvalue weighted by molar-refractivity contribution is 6.05. The lowest BCUT2D eigenvalue weighted by Crippen LogP contribution is -2.52. The average Bonchev–Trinajstić information content (AvgIpc) is 3.07. The van der Waals surface area contributed by atoms with Crippen molar-refractivity contribution in [2.45, 2.75) is 37.9 Å². The largest absolute Gasteiger partial charge is 0.349 e. The summed E-state index contributed by atoms with van der Waals surface area (Å²) >= 11 is 0. The van der Waals surface area contributed by atoms with E-state index < -0.39 is 35.2 Å². The number of nitrogens with zero attached hydrogens (tertiary/aromatic N) is 1. The Morgan fingerprint density at radius 2 is 1.94 bits per heavy atom. The normalized spacial score (nSPS) is 18.4. The molecule has 32 heavy (non-hydrogen) atoms. The summed E-state index contributed by atoms with van der Waals surface area (Å²) < 4.78 is 41.9. The van der Waals surface area contributed by atoms with Gasteiger partial charge >= 0.3 is 5.92 Å². The summed E-state index contributed by atoms with van der Waals surface area (Å²) in [5, 5.41) is 4.35. The summed E-state index contributed by atoms with van der Waals surface area (Å²) in [5.41, 5.74) is 0.678. The van der Waals surface area contributed by atoms with E-state index in [0.717, 1.165) is 18.2 Å². The first-order chi connectivity index (χ1) is 15.2. The number of amides is 4. The quantitative estimate of drug-likeness (QED) is 0.689. The third kappa shape index (κ3) is 3.95. The van der Waals surface area contributed by atoms with Crippen molar-refractivity contribution in [3.05, 3.63) is 70.5 Å². The van der Waals surface area contributed by atoms with Gasteiger partial charge in [0.15, 0.2) is 0 Å². The molecule has 1 saturated heterocycles. The van der Waals surface area contributed by atoms with Crippen LogP contribution in [0.25, 0.3) is 0 Å². The second-order valence-corrected chi connectivity index (χ2v) is 7.66. The lowest BCUT2D eigenvalue weighted by Gasteiger charge is -2.29. The second kappa shape index (κ2) is 8.10. The summed E-state index contributed by atoms with van der Waals surface area (Å²) in [5.74, 6) is -7.65. The minimum Gasteiger partial charge on any atom is -0.346 e. The van der Waals surface area contributed by atoms with Crippen LogP contribution in [0.3, 0.4) is 0 Å². The molecule has 0 aliphatic carbocycles. The third-order valence-corrected chi connectivity index (χ3v) is 5.51. The van der Waals surface area contributed by atoms with Crippen molar-refractivity contribution in [2.75, 3.05) is 0 Å². The number of rotatable bonds is 5. The molecular weight excluding hydrogens is 427 g/mol. The maximum Gasteiger partial charge on any atom is 0.349 e. The van der Waals surface area contributed by atoms with Crippen molar-refractivity contribution >= 4 is 23.6 Å². The molecule has 2 aromatic carbocycles. The fourth-order valence-corrected chi connectivity index (χ4v) is 3.85. The fourth-order valence-electron chi connectivity index (χ4n) is 3.85. The first-order valence-electron chi connectivity index (χ1n) is 9.85. The van der Waals surface area contributed by atoms with Crippen LogP contribution in [0.4, 0.5) is 13.2 Å². The smallest absolute Gasteiger partial charge is 0.346 e. The summed E-state index contributed by atoms with van der Waals surface area (Å²) in [4.78, 5) is 49.5. The molecule has 10 heteroatoms. The van der Waals surface area contributed by atoms with Crippen molar-refractivity contribution in [1.29, 1.82) is 0 Å². The van der Waals surface area contributed by atoms with Gasteiger partial charge in [-0.1, -0.05) is 24.3 Å². The van der Waals surface area contributed by atoms with Crippen LogP contribution in [-0.2, 0) is 33.4 Å². The van der Waals surface area contributed by atoms with Crippen LogP contribution in [0.2, 0.25) is 0 Å². The number of hydrogen-bond donors (Lipinski definition) is 2. The lowest BCUT2D eigenvalue weighted by atomic mass is 10.0. The van der Waals surface area contributed by atoms with Crippen LogP contribution >= 0.6 is 0 Å². The Morgan fingerprint density at radius 3 is 2.66 bits per heavy atom. The summed E-state index contributed by atoms with van der Waals surface area (Å²) in [6.07, 6.45) is 0.357. The highest BCUT2D eigenvalue weighted by atomic mass is 19.3. The lowest BCUT2D eigenvalue weighted by molar-refractivity contribution is -0.147. The molecular formula is C22H18F3N3O4. The van der Waals surface area contributed by atoms with E-state index in [1.165, 1.54) is 17.0 Å². The van der Waals surface area contributed by atoms with Gasteiger partial charge in [0.05, 0.1) is 0 Å². The van der Waals surface area contributed by atoms with Crippen LogP contribution in [-0.4, -0.2) is 34.6 Å². The van der Waals surface area contributed by atoms with E-state index in [2.05, 4.69) is 10.6 Å². The number of fused-ring (bicyclic) bond motifs is 1. The van der Waals surface area contributed by atoms with Gasteiger partial charge in [0, 0.05) is 30.6 Å². The Kier molecular flexibility index (Phi) is 5.45. The topological polar surface area (TPSA) is 95.6 Å². The first-order valence-corrected chi connectivity index (χ1v) is 9.85. The van der Waals surface area contributed by atoms with Gasteiger partial charge in [-0.05, 0) is 35.7 Å². The number of nitrogens with one attached hydrogen (secondary N) is 2. The van der Waals surface area contributed by atoms with Crippen molar-refractivity contribution < 1.29 is 32.3 Å². The zero-order valence-corrected chi connectivity index (χ0v) is 16.7. The van der Waals surface area contributed by atoms with Gasteiger partial charge in [-0.2, -0.15) is 8.78 Å². The molecule has 2 heterocycles. The highest BCUT2D eigenvalue weighted by Crippen LogP contribution is 2.30. The maximum atomic E-state index is 14.3. The fraction of sp³-hybridized carbons (Fsp3) is 0.273.